The number of anilines is 2. The van der Waals surface area contributed by atoms with Crippen LogP contribution < -0.4 is 16.0 Å². The van der Waals surface area contributed by atoms with E-state index in [1.165, 1.54) is 6.42 Å². The Morgan fingerprint density at radius 3 is 3.20 bits per heavy atom. The van der Waals surface area contributed by atoms with Crippen LogP contribution in [0.15, 0.2) is 18.5 Å². The second kappa shape index (κ2) is 4.49. The van der Waals surface area contributed by atoms with E-state index in [9.17, 15) is 0 Å². The first-order valence-electron chi connectivity index (χ1n) is 5.43. The maximum Gasteiger partial charge on any atom is 0.0788 e. The van der Waals surface area contributed by atoms with E-state index < -0.39 is 0 Å². The molecule has 0 amide bonds. The number of nitrogens with two attached hydrogens (primary N) is 1. The third kappa shape index (κ3) is 2.21. The third-order valence-corrected chi connectivity index (χ3v) is 2.87. The minimum atomic E-state index is 0.295. The van der Waals surface area contributed by atoms with Crippen LogP contribution in [0.3, 0.4) is 0 Å². The fraction of sp³-hybridized carbons (Fsp3) is 0.545. The molecule has 0 spiro atoms. The fourth-order valence-electron chi connectivity index (χ4n) is 2.08. The zero-order valence-corrected chi connectivity index (χ0v) is 9.11. The number of hydrogen-bond donors (Lipinski definition) is 2. The highest BCUT2D eigenvalue weighted by molar-refractivity contribution is 5.68. The number of aromatic nitrogens is 1. The van der Waals surface area contributed by atoms with Gasteiger partial charge in [0.25, 0.3) is 0 Å². The summed E-state index contributed by atoms with van der Waals surface area (Å²) in [6, 6.07) is 2.29. The normalized spacial score (nSPS) is 21.5. The van der Waals surface area contributed by atoms with Crippen molar-refractivity contribution in [3.05, 3.63) is 18.5 Å². The van der Waals surface area contributed by atoms with Crippen LogP contribution in [0.25, 0.3) is 0 Å². The summed E-state index contributed by atoms with van der Waals surface area (Å²) in [6.07, 6.45) is 6.01. The molecule has 0 saturated carbocycles. The predicted molar refractivity (Wildman–Crippen MR) is 63.2 cm³/mol. The molecule has 1 aromatic rings. The smallest absolute Gasteiger partial charge is 0.0788 e. The van der Waals surface area contributed by atoms with Crippen LogP contribution in [0.5, 0.6) is 0 Å². The van der Waals surface area contributed by atoms with E-state index in [1.807, 2.05) is 19.3 Å². The molecule has 1 aromatic heterocycles. The Balaban J connectivity index is 2.20. The second-order valence-electron chi connectivity index (χ2n) is 3.99. The number of rotatable bonds is 2. The largest absolute Gasteiger partial charge is 0.386 e. The van der Waals surface area contributed by atoms with E-state index in [0.29, 0.717) is 6.04 Å². The first kappa shape index (κ1) is 10.2. The first-order chi connectivity index (χ1) is 7.31. The Hall–Kier alpha value is -1.29. The molecule has 0 aromatic carbocycles. The summed E-state index contributed by atoms with van der Waals surface area (Å²) in [5.74, 6) is 0. The van der Waals surface area contributed by atoms with E-state index in [2.05, 4.69) is 15.2 Å². The molecule has 1 aliphatic heterocycles. The number of hydrogen-bond acceptors (Lipinski definition) is 4. The van der Waals surface area contributed by atoms with Crippen molar-refractivity contribution in [2.45, 2.75) is 18.9 Å². The molecule has 4 heteroatoms. The van der Waals surface area contributed by atoms with Gasteiger partial charge in [-0.25, -0.2) is 0 Å². The summed E-state index contributed by atoms with van der Waals surface area (Å²) in [4.78, 5) is 6.48. The standard InChI is InChI=1S/C11H18N4/c1-13-10-4-5-14-7-11(10)15-6-2-3-9(12)8-15/h4-5,7,9H,2-3,6,8,12H2,1H3,(H,13,14). The van der Waals surface area contributed by atoms with Gasteiger partial charge in [0, 0.05) is 32.4 Å². The molecule has 15 heavy (non-hydrogen) atoms. The van der Waals surface area contributed by atoms with Gasteiger partial charge in [0.2, 0.25) is 0 Å². The molecular weight excluding hydrogens is 188 g/mol. The molecule has 4 nitrogen and oxygen atoms in total. The van der Waals surface area contributed by atoms with Crippen molar-refractivity contribution in [1.82, 2.24) is 4.98 Å². The number of piperidine rings is 1. The Bertz CT molecular complexity index is 326. The molecule has 82 valence electrons. The molecule has 0 aliphatic carbocycles. The van der Waals surface area contributed by atoms with E-state index in [1.54, 1.807) is 6.20 Å². The SMILES string of the molecule is CNc1ccncc1N1CCCC(N)C1. The Morgan fingerprint density at radius 1 is 1.60 bits per heavy atom. The van der Waals surface area contributed by atoms with Gasteiger partial charge in [0.05, 0.1) is 17.6 Å². The topological polar surface area (TPSA) is 54.2 Å². The van der Waals surface area contributed by atoms with E-state index >= 15 is 0 Å². The lowest BCUT2D eigenvalue weighted by Crippen LogP contribution is -2.43. The summed E-state index contributed by atoms with van der Waals surface area (Å²) >= 11 is 0. The molecule has 2 rings (SSSR count). The Morgan fingerprint density at radius 2 is 2.47 bits per heavy atom. The summed E-state index contributed by atoms with van der Waals surface area (Å²) in [7, 11) is 1.93. The van der Waals surface area contributed by atoms with Gasteiger partial charge in [0.1, 0.15) is 0 Å². The van der Waals surface area contributed by atoms with Crippen LogP contribution >= 0.6 is 0 Å². The molecule has 1 atom stereocenters. The van der Waals surface area contributed by atoms with Crippen molar-refractivity contribution < 1.29 is 0 Å². The summed E-state index contributed by atoms with van der Waals surface area (Å²) in [6.45, 7) is 2.01. The van der Waals surface area contributed by atoms with Crippen molar-refractivity contribution >= 4 is 11.4 Å². The molecule has 1 unspecified atom stereocenters. The molecule has 2 heterocycles. The van der Waals surface area contributed by atoms with Crippen molar-refractivity contribution in [2.24, 2.45) is 5.73 Å². The van der Waals surface area contributed by atoms with Gasteiger partial charge >= 0.3 is 0 Å². The van der Waals surface area contributed by atoms with E-state index in [0.717, 1.165) is 30.9 Å². The zero-order chi connectivity index (χ0) is 10.7. The highest BCUT2D eigenvalue weighted by Gasteiger charge is 2.18. The lowest BCUT2D eigenvalue weighted by atomic mass is 10.1. The maximum atomic E-state index is 5.97. The van der Waals surface area contributed by atoms with Crippen LogP contribution in [0.2, 0.25) is 0 Å². The summed E-state index contributed by atoms with van der Waals surface area (Å²) in [5, 5.41) is 3.19. The van der Waals surface area contributed by atoms with Crippen LogP contribution in [0, 0.1) is 0 Å². The van der Waals surface area contributed by atoms with Crippen molar-refractivity contribution in [3.8, 4) is 0 Å². The molecule has 0 radical (unpaired) electrons. The summed E-state index contributed by atoms with van der Waals surface area (Å²) in [5.41, 5.74) is 8.26. The highest BCUT2D eigenvalue weighted by atomic mass is 15.2. The maximum absolute atomic E-state index is 5.97. The van der Waals surface area contributed by atoms with E-state index in [4.69, 9.17) is 5.73 Å². The van der Waals surface area contributed by atoms with Crippen molar-refractivity contribution in [2.75, 3.05) is 30.4 Å². The number of pyridine rings is 1. The average Bonchev–Trinajstić information content (AvgIpc) is 2.29. The van der Waals surface area contributed by atoms with Gasteiger partial charge in [-0.15, -0.1) is 0 Å². The average molecular weight is 206 g/mol. The monoisotopic (exact) mass is 206 g/mol. The predicted octanol–water partition coefficient (Wildman–Crippen LogP) is 1.05. The third-order valence-electron chi connectivity index (χ3n) is 2.87. The minimum absolute atomic E-state index is 0.295. The Kier molecular flexibility index (Phi) is 3.06. The molecule has 3 N–H and O–H groups in total. The van der Waals surface area contributed by atoms with Crippen molar-refractivity contribution in [1.29, 1.82) is 0 Å². The molecule has 0 bridgehead atoms. The zero-order valence-electron chi connectivity index (χ0n) is 9.11. The number of nitrogens with one attached hydrogen (secondary N) is 1. The molecule has 1 aliphatic rings. The van der Waals surface area contributed by atoms with Gasteiger partial charge in [0.15, 0.2) is 0 Å². The van der Waals surface area contributed by atoms with Gasteiger partial charge in [-0.3, -0.25) is 4.98 Å². The minimum Gasteiger partial charge on any atom is -0.386 e. The molecular formula is C11H18N4. The van der Waals surface area contributed by atoms with Crippen LogP contribution in [0.4, 0.5) is 11.4 Å². The lowest BCUT2D eigenvalue weighted by molar-refractivity contribution is 0.506. The van der Waals surface area contributed by atoms with Crippen LogP contribution in [-0.4, -0.2) is 31.2 Å². The van der Waals surface area contributed by atoms with E-state index in [-0.39, 0.29) is 0 Å². The van der Waals surface area contributed by atoms with Crippen LogP contribution in [-0.2, 0) is 0 Å². The quantitative estimate of drug-likeness (QED) is 0.759. The van der Waals surface area contributed by atoms with Gasteiger partial charge in [-0.2, -0.15) is 0 Å². The molecule has 1 saturated heterocycles. The van der Waals surface area contributed by atoms with Crippen molar-refractivity contribution in [3.63, 3.8) is 0 Å². The number of nitrogens with zero attached hydrogens (tertiary/aromatic N) is 2. The lowest BCUT2D eigenvalue weighted by Gasteiger charge is -2.33. The molecule has 1 fully saturated rings. The fourth-order valence-corrected chi connectivity index (χ4v) is 2.08. The van der Waals surface area contributed by atoms with Gasteiger partial charge < -0.3 is 16.0 Å². The first-order valence-corrected chi connectivity index (χ1v) is 5.43. The van der Waals surface area contributed by atoms with Gasteiger partial charge in [-0.1, -0.05) is 0 Å². The second-order valence-corrected chi connectivity index (χ2v) is 3.99. The summed E-state index contributed by atoms with van der Waals surface area (Å²) < 4.78 is 0. The highest BCUT2D eigenvalue weighted by Crippen LogP contribution is 2.26. The van der Waals surface area contributed by atoms with Gasteiger partial charge in [-0.05, 0) is 18.9 Å². The Labute approximate surface area is 90.5 Å². The van der Waals surface area contributed by atoms with Crippen LogP contribution in [0.1, 0.15) is 12.8 Å².